The first-order valence-corrected chi connectivity index (χ1v) is 8.23. The van der Waals surface area contributed by atoms with E-state index in [0.717, 1.165) is 25.8 Å². The number of aromatic nitrogens is 2. The van der Waals surface area contributed by atoms with Crippen molar-refractivity contribution in [1.82, 2.24) is 9.38 Å². The molecule has 0 aliphatic rings. The maximum Gasteiger partial charge on any atom is 0.181 e. The van der Waals surface area contributed by atoms with Crippen LogP contribution in [0.15, 0.2) is 45.5 Å². The molecule has 0 amide bonds. The van der Waals surface area contributed by atoms with E-state index in [1.807, 2.05) is 47.9 Å². The molecule has 0 atom stereocenters. The molecule has 0 radical (unpaired) electrons. The van der Waals surface area contributed by atoms with Crippen LogP contribution >= 0.6 is 43.5 Å². The molecule has 0 fully saturated rings. The molecule has 0 bridgehead atoms. The quantitative estimate of drug-likeness (QED) is 0.556. The van der Waals surface area contributed by atoms with Gasteiger partial charge in [0.05, 0.1) is 5.69 Å². The Labute approximate surface area is 144 Å². The molecule has 0 aliphatic heterocycles. The molecule has 21 heavy (non-hydrogen) atoms. The predicted octanol–water partition coefficient (Wildman–Crippen LogP) is 5.40. The van der Waals surface area contributed by atoms with Gasteiger partial charge in [0.1, 0.15) is 11.8 Å². The third kappa shape index (κ3) is 2.82. The molecule has 0 saturated heterocycles. The van der Waals surface area contributed by atoms with Gasteiger partial charge < -0.3 is 4.74 Å². The minimum absolute atomic E-state index is 0.436. The van der Waals surface area contributed by atoms with Gasteiger partial charge in [0, 0.05) is 20.7 Å². The standard InChI is InChI=1S/C15H11Br2ClN2O/c1-9-14(18)20-7-3-6-13(15(20)19-9)21-8-10-11(16)4-2-5-12(10)17/h2-7H,8H2,1H3. The normalized spacial score (nSPS) is 11.0. The first kappa shape index (κ1) is 14.9. The van der Waals surface area contributed by atoms with Crippen LogP contribution < -0.4 is 4.74 Å². The van der Waals surface area contributed by atoms with E-state index in [1.54, 1.807) is 0 Å². The molecule has 0 N–H and O–H groups in total. The van der Waals surface area contributed by atoms with Crippen molar-refractivity contribution < 1.29 is 4.74 Å². The summed E-state index contributed by atoms with van der Waals surface area (Å²) in [7, 11) is 0. The average Bonchev–Trinajstić information content (AvgIpc) is 2.75. The second kappa shape index (κ2) is 5.99. The Morgan fingerprint density at radius 1 is 1.19 bits per heavy atom. The van der Waals surface area contributed by atoms with Gasteiger partial charge in [-0.05, 0) is 31.2 Å². The highest BCUT2D eigenvalue weighted by atomic mass is 79.9. The number of imidazole rings is 1. The molecular formula is C15H11Br2ClN2O. The molecule has 6 heteroatoms. The Bertz CT molecular complexity index is 797. The summed E-state index contributed by atoms with van der Waals surface area (Å²) in [4.78, 5) is 4.45. The second-order valence-electron chi connectivity index (χ2n) is 4.54. The third-order valence-electron chi connectivity index (χ3n) is 3.15. The lowest BCUT2D eigenvalue weighted by Crippen LogP contribution is -1.99. The Morgan fingerprint density at radius 2 is 1.90 bits per heavy atom. The minimum atomic E-state index is 0.436. The van der Waals surface area contributed by atoms with E-state index >= 15 is 0 Å². The van der Waals surface area contributed by atoms with Crippen molar-refractivity contribution in [2.75, 3.05) is 0 Å². The third-order valence-corrected chi connectivity index (χ3v) is 5.09. The first-order chi connectivity index (χ1) is 10.1. The first-order valence-electron chi connectivity index (χ1n) is 6.27. The number of rotatable bonds is 3. The Kier molecular flexibility index (Phi) is 4.24. The van der Waals surface area contributed by atoms with Crippen molar-refractivity contribution in [3.63, 3.8) is 0 Å². The van der Waals surface area contributed by atoms with E-state index in [9.17, 15) is 0 Å². The zero-order valence-electron chi connectivity index (χ0n) is 11.1. The number of ether oxygens (including phenoxy) is 1. The smallest absolute Gasteiger partial charge is 0.181 e. The summed E-state index contributed by atoms with van der Waals surface area (Å²) in [5.41, 5.74) is 2.56. The van der Waals surface area contributed by atoms with Crippen molar-refractivity contribution in [2.24, 2.45) is 0 Å². The number of fused-ring (bicyclic) bond motifs is 1. The number of hydrogen-bond acceptors (Lipinski definition) is 2. The lowest BCUT2D eigenvalue weighted by molar-refractivity contribution is 0.306. The maximum absolute atomic E-state index is 6.21. The van der Waals surface area contributed by atoms with Gasteiger partial charge in [-0.3, -0.25) is 4.40 Å². The second-order valence-corrected chi connectivity index (χ2v) is 6.61. The van der Waals surface area contributed by atoms with E-state index in [4.69, 9.17) is 16.3 Å². The van der Waals surface area contributed by atoms with Gasteiger partial charge in [0.15, 0.2) is 11.4 Å². The monoisotopic (exact) mass is 428 g/mol. The van der Waals surface area contributed by atoms with Gasteiger partial charge in [-0.2, -0.15) is 0 Å². The van der Waals surface area contributed by atoms with Gasteiger partial charge in [0.25, 0.3) is 0 Å². The van der Waals surface area contributed by atoms with E-state index in [2.05, 4.69) is 36.8 Å². The van der Waals surface area contributed by atoms with Crippen molar-refractivity contribution in [3.8, 4) is 5.75 Å². The fourth-order valence-corrected chi connectivity index (χ4v) is 3.47. The molecular weight excluding hydrogens is 419 g/mol. The molecule has 0 aliphatic carbocycles. The van der Waals surface area contributed by atoms with Gasteiger partial charge in [-0.1, -0.05) is 49.5 Å². The lowest BCUT2D eigenvalue weighted by Gasteiger charge is -2.10. The highest BCUT2D eigenvalue weighted by Gasteiger charge is 2.12. The van der Waals surface area contributed by atoms with Crippen LogP contribution in [0.5, 0.6) is 5.75 Å². The van der Waals surface area contributed by atoms with Crippen molar-refractivity contribution in [2.45, 2.75) is 13.5 Å². The van der Waals surface area contributed by atoms with Crippen molar-refractivity contribution in [3.05, 3.63) is 61.9 Å². The van der Waals surface area contributed by atoms with Crippen LogP contribution in [-0.4, -0.2) is 9.38 Å². The molecule has 3 rings (SSSR count). The largest absolute Gasteiger partial charge is 0.485 e. The highest BCUT2D eigenvalue weighted by Crippen LogP contribution is 2.29. The summed E-state index contributed by atoms with van der Waals surface area (Å²) < 4.78 is 9.76. The van der Waals surface area contributed by atoms with Crippen LogP contribution in [0.25, 0.3) is 5.65 Å². The van der Waals surface area contributed by atoms with Crippen molar-refractivity contribution in [1.29, 1.82) is 0 Å². The maximum atomic E-state index is 6.21. The lowest BCUT2D eigenvalue weighted by atomic mass is 10.2. The zero-order chi connectivity index (χ0) is 15.0. The molecule has 2 heterocycles. The van der Waals surface area contributed by atoms with Crippen LogP contribution in [0.4, 0.5) is 0 Å². The van der Waals surface area contributed by atoms with Gasteiger partial charge in [0.2, 0.25) is 0 Å². The highest BCUT2D eigenvalue weighted by molar-refractivity contribution is 9.11. The van der Waals surface area contributed by atoms with E-state index < -0.39 is 0 Å². The summed E-state index contributed by atoms with van der Waals surface area (Å²) in [6.07, 6.45) is 1.87. The van der Waals surface area contributed by atoms with Gasteiger partial charge >= 0.3 is 0 Å². The molecule has 108 valence electrons. The van der Waals surface area contributed by atoms with Crippen LogP contribution in [0.2, 0.25) is 5.15 Å². The topological polar surface area (TPSA) is 26.5 Å². The van der Waals surface area contributed by atoms with Crippen LogP contribution in [0.1, 0.15) is 11.3 Å². The number of aryl methyl sites for hydroxylation is 1. The fraction of sp³-hybridized carbons (Fsp3) is 0.133. The number of nitrogens with zero attached hydrogens (tertiary/aromatic N) is 2. The number of halogens is 3. The van der Waals surface area contributed by atoms with Gasteiger partial charge in [-0.15, -0.1) is 0 Å². The summed E-state index contributed by atoms with van der Waals surface area (Å²) in [5, 5.41) is 0.609. The molecule has 2 aromatic heterocycles. The molecule has 0 saturated carbocycles. The average molecular weight is 431 g/mol. The minimum Gasteiger partial charge on any atom is -0.485 e. The van der Waals surface area contributed by atoms with Crippen molar-refractivity contribution >= 4 is 49.1 Å². The molecule has 1 aromatic carbocycles. The SMILES string of the molecule is Cc1nc2c(OCc3c(Br)cccc3Br)cccn2c1Cl. The van der Waals surface area contributed by atoms with E-state index in [1.165, 1.54) is 0 Å². The Balaban J connectivity index is 1.94. The number of benzene rings is 1. The number of pyridine rings is 1. The number of hydrogen-bond donors (Lipinski definition) is 0. The molecule has 3 nitrogen and oxygen atoms in total. The Hall–Kier alpha value is -1.04. The zero-order valence-corrected chi connectivity index (χ0v) is 15.0. The molecule has 3 aromatic rings. The molecule has 0 unspecified atom stereocenters. The predicted molar refractivity (Wildman–Crippen MR) is 91.1 cm³/mol. The van der Waals surface area contributed by atoms with Crippen LogP contribution in [-0.2, 0) is 6.61 Å². The molecule has 0 spiro atoms. The van der Waals surface area contributed by atoms with Crippen LogP contribution in [0.3, 0.4) is 0 Å². The van der Waals surface area contributed by atoms with E-state index in [-0.39, 0.29) is 0 Å². The fourth-order valence-electron chi connectivity index (χ4n) is 2.06. The Morgan fingerprint density at radius 3 is 2.62 bits per heavy atom. The van der Waals surface area contributed by atoms with Gasteiger partial charge in [-0.25, -0.2) is 4.98 Å². The summed E-state index contributed by atoms with van der Waals surface area (Å²) in [6.45, 7) is 2.31. The van der Waals surface area contributed by atoms with Crippen LogP contribution in [0, 0.1) is 6.92 Å². The summed E-state index contributed by atoms with van der Waals surface area (Å²) >= 11 is 13.3. The summed E-state index contributed by atoms with van der Waals surface area (Å²) in [6, 6.07) is 9.73. The summed E-state index contributed by atoms with van der Waals surface area (Å²) in [5.74, 6) is 0.704. The van der Waals surface area contributed by atoms with E-state index in [0.29, 0.717) is 17.5 Å².